The van der Waals surface area contributed by atoms with Crippen molar-refractivity contribution in [2.24, 2.45) is 17.3 Å². The highest BCUT2D eigenvalue weighted by Gasteiger charge is 2.51. The molecule has 0 aliphatic heterocycles. The van der Waals surface area contributed by atoms with Gasteiger partial charge in [0, 0.05) is 0 Å². The van der Waals surface area contributed by atoms with Crippen LogP contribution in [0, 0.1) is 17.3 Å². The molecule has 0 heterocycles. The van der Waals surface area contributed by atoms with Gasteiger partial charge in [0.1, 0.15) is 0 Å². The molecule has 0 bridgehead atoms. The second kappa shape index (κ2) is 3.08. The maximum absolute atomic E-state index is 11.0. The topological polar surface area (TPSA) is 37.3 Å². The van der Waals surface area contributed by atoms with E-state index in [2.05, 4.69) is 20.8 Å². The van der Waals surface area contributed by atoms with Crippen molar-refractivity contribution in [1.82, 2.24) is 0 Å². The highest BCUT2D eigenvalue weighted by atomic mass is 16.4. The van der Waals surface area contributed by atoms with Crippen LogP contribution in [0.15, 0.2) is 0 Å². The predicted octanol–water partition coefficient (Wildman–Crippen LogP) is 2.53. The van der Waals surface area contributed by atoms with Crippen molar-refractivity contribution in [2.75, 3.05) is 0 Å². The fourth-order valence-corrected chi connectivity index (χ4v) is 2.36. The minimum absolute atomic E-state index is 0.325. The average Bonchev–Trinajstić information content (AvgIpc) is 1.96. The SMILES string of the molecule is CCC(C)C1(C(=O)O)CC(C)C1. The maximum atomic E-state index is 11.0. The third kappa shape index (κ3) is 1.23. The molecule has 0 aromatic carbocycles. The van der Waals surface area contributed by atoms with Crippen LogP contribution in [-0.2, 0) is 4.79 Å². The highest BCUT2D eigenvalue weighted by molar-refractivity contribution is 5.76. The summed E-state index contributed by atoms with van der Waals surface area (Å²) in [4.78, 5) is 11.0. The van der Waals surface area contributed by atoms with Gasteiger partial charge in [-0.25, -0.2) is 0 Å². The van der Waals surface area contributed by atoms with Crippen molar-refractivity contribution in [3.05, 3.63) is 0 Å². The normalized spacial score (nSPS) is 37.1. The Balaban J connectivity index is 2.69. The van der Waals surface area contributed by atoms with E-state index in [0.717, 1.165) is 19.3 Å². The molecule has 0 radical (unpaired) electrons. The Kier molecular flexibility index (Phi) is 2.45. The van der Waals surface area contributed by atoms with Gasteiger partial charge in [-0.2, -0.15) is 0 Å². The summed E-state index contributed by atoms with van der Waals surface area (Å²) in [7, 11) is 0. The Morgan fingerprint density at radius 2 is 2.17 bits per heavy atom. The Morgan fingerprint density at radius 3 is 2.42 bits per heavy atom. The first-order valence-electron chi connectivity index (χ1n) is 4.76. The van der Waals surface area contributed by atoms with Gasteiger partial charge in [-0.05, 0) is 24.7 Å². The minimum atomic E-state index is -0.588. The first kappa shape index (κ1) is 9.56. The molecule has 1 aliphatic carbocycles. The number of rotatable bonds is 3. The van der Waals surface area contributed by atoms with Gasteiger partial charge in [-0.1, -0.05) is 27.2 Å². The lowest BCUT2D eigenvalue weighted by Gasteiger charge is -2.47. The van der Waals surface area contributed by atoms with Crippen LogP contribution >= 0.6 is 0 Å². The van der Waals surface area contributed by atoms with E-state index in [4.69, 9.17) is 5.11 Å². The summed E-state index contributed by atoms with van der Waals surface area (Å²) in [5, 5.41) is 9.10. The number of carboxylic acid groups (broad SMARTS) is 1. The molecular weight excluding hydrogens is 152 g/mol. The maximum Gasteiger partial charge on any atom is 0.309 e. The molecule has 1 fully saturated rings. The van der Waals surface area contributed by atoms with Crippen LogP contribution in [0.2, 0.25) is 0 Å². The largest absolute Gasteiger partial charge is 0.481 e. The number of carbonyl (C=O) groups is 1. The molecule has 1 aliphatic rings. The summed E-state index contributed by atoms with van der Waals surface area (Å²) in [6.45, 7) is 6.25. The fourth-order valence-electron chi connectivity index (χ4n) is 2.36. The molecule has 1 saturated carbocycles. The molecule has 0 saturated heterocycles. The van der Waals surface area contributed by atoms with E-state index in [1.54, 1.807) is 0 Å². The second-order valence-corrected chi connectivity index (χ2v) is 4.28. The van der Waals surface area contributed by atoms with Gasteiger partial charge in [0.15, 0.2) is 0 Å². The van der Waals surface area contributed by atoms with Crippen LogP contribution in [0.5, 0.6) is 0 Å². The fraction of sp³-hybridized carbons (Fsp3) is 0.900. The van der Waals surface area contributed by atoms with Gasteiger partial charge >= 0.3 is 5.97 Å². The smallest absolute Gasteiger partial charge is 0.309 e. The molecule has 0 aromatic rings. The summed E-state index contributed by atoms with van der Waals surface area (Å²) in [5.74, 6) is 0.344. The molecule has 1 rings (SSSR count). The Bertz CT molecular complexity index is 180. The third-order valence-corrected chi connectivity index (χ3v) is 3.41. The minimum Gasteiger partial charge on any atom is -0.481 e. The van der Waals surface area contributed by atoms with E-state index in [1.165, 1.54) is 0 Å². The average molecular weight is 170 g/mol. The number of carboxylic acids is 1. The van der Waals surface area contributed by atoms with Crippen molar-refractivity contribution in [1.29, 1.82) is 0 Å². The van der Waals surface area contributed by atoms with Crippen molar-refractivity contribution in [3.63, 3.8) is 0 Å². The van der Waals surface area contributed by atoms with E-state index >= 15 is 0 Å². The monoisotopic (exact) mass is 170 g/mol. The number of aliphatic carboxylic acids is 1. The van der Waals surface area contributed by atoms with Crippen LogP contribution in [0.3, 0.4) is 0 Å². The standard InChI is InChI=1S/C10H18O2/c1-4-8(3)10(9(11)12)5-7(2)6-10/h7-8H,4-6H2,1-3H3,(H,11,12). The number of hydrogen-bond acceptors (Lipinski definition) is 1. The van der Waals surface area contributed by atoms with E-state index in [-0.39, 0.29) is 5.41 Å². The van der Waals surface area contributed by atoms with Gasteiger partial charge in [-0.15, -0.1) is 0 Å². The van der Waals surface area contributed by atoms with Gasteiger partial charge in [0.2, 0.25) is 0 Å². The molecule has 0 spiro atoms. The molecule has 0 amide bonds. The Morgan fingerprint density at radius 1 is 1.67 bits per heavy atom. The lowest BCUT2D eigenvalue weighted by atomic mass is 9.56. The van der Waals surface area contributed by atoms with Crippen LogP contribution in [0.1, 0.15) is 40.0 Å². The van der Waals surface area contributed by atoms with E-state index in [9.17, 15) is 4.79 Å². The van der Waals surface area contributed by atoms with Crippen LogP contribution in [-0.4, -0.2) is 11.1 Å². The van der Waals surface area contributed by atoms with Crippen LogP contribution < -0.4 is 0 Å². The predicted molar refractivity (Wildman–Crippen MR) is 47.9 cm³/mol. The summed E-state index contributed by atoms with van der Waals surface area (Å²) < 4.78 is 0. The quantitative estimate of drug-likeness (QED) is 0.706. The van der Waals surface area contributed by atoms with Crippen molar-refractivity contribution < 1.29 is 9.90 Å². The zero-order chi connectivity index (χ0) is 9.35. The van der Waals surface area contributed by atoms with Crippen LogP contribution in [0.25, 0.3) is 0 Å². The van der Waals surface area contributed by atoms with Gasteiger partial charge < -0.3 is 5.11 Å². The zero-order valence-corrected chi connectivity index (χ0v) is 8.13. The van der Waals surface area contributed by atoms with Crippen molar-refractivity contribution in [2.45, 2.75) is 40.0 Å². The molecule has 2 nitrogen and oxygen atoms in total. The van der Waals surface area contributed by atoms with Gasteiger partial charge in [0.25, 0.3) is 0 Å². The molecular formula is C10H18O2. The first-order chi connectivity index (χ1) is 5.53. The zero-order valence-electron chi connectivity index (χ0n) is 8.13. The summed E-state index contributed by atoms with van der Waals surface area (Å²) in [6, 6.07) is 0. The molecule has 1 unspecified atom stereocenters. The van der Waals surface area contributed by atoms with Crippen LogP contribution in [0.4, 0.5) is 0 Å². The summed E-state index contributed by atoms with van der Waals surface area (Å²) in [5.41, 5.74) is -0.381. The summed E-state index contributed by atoms with van der Waals surface area (Å²) >= 11 is 0. The Labute approximate surface area is 74.0 Å². The summed E-state index contributed by atoms with van der Waals surface area (Å²) in [6.07, 6.45) is 2.72. The third-order valence-electron chi connectivity index (χ3n) is 3.41. The first-order valence-corrected chi connectivity index (χ1v) is 4.76. The molecule has 2 heteroatoms. The van der Waals surface area contributed by atoms with E-state index in [0.29, 0.717) is 11.8 Å². The van der Waals surface area contributed by atoms with Crippen molar-refractivity contribution >= 4 is 5.97 Å². The van der Waals surface area contributed by atoms with Gasteiger partial charge in [-0.3, -0.25) is 4.79 Å². The molecule has 12 heavy (non-hydrogen) atoms. The van der Waals surface area contributed by atoms with E-state index < -0.39 is 5.97 Å². The molecule has 70 valence electrons. The molecule has 1 N–H and O–H groups in total. The molecule has 1 atom stereocenters. The second-order valence-electron chi connectivity index (χ2n) is 4.28. The lowest BCUT2D eigenvalue weighted by molar-refractivity contribution is -0.163. The highest BCUT2D eigenvalue weighted by Crippen LogP contribution is 2.51. The van der Waals surface area contributed by atoms with Crippen molar-refractivity contribution in [3.8, 4) is 0 Å². The van der Waals surface area contributed by atoms with Gasteiger partial charge in [0.05, 0.1) is 5.41 Å². The number of hydrogen-bond donors (Lipinski definition) is 1. The van der Waals surface area contributed by atoms with E-state index in [1.807, 2.05) is 0 Å². The molecule has 0 aromatic heterocycles. The lowest BCUT2D eigenvalue weighted by Crippen LogP contribution is -2.47. The Hall–Kier alpha value is -0.530.